The van der Waals surface area contributed by atoms with Crippen molar-refractivity contribution < 1.29 is 0 Å². The number of nitrogens with two attached hydrogens (primary N) is 1. The van der Waals surface area contributed by atoms with Gasteiger partial charge in [0.25, 0.3) is 0 Å². The highest BCUT2D eigenvalue weighted by molar-refractivity contribution is 5.90. The topological polar surface area (TPSA) is 43.8 Å². The first-order valence-electron chi connectivity index (χ1n) is 6.46. The predicted molar refractivity (Wildman–Crippen MR) is 78.4 cm³/mol. The van der Waals surface area contributed by atoms with Gasteiger partial charge in [0.1, 0.15) is 0 Å². The summed E-state index contributed by atoms with van der Waals surface area (Å²) in [7, 11) is 0. The summed E-state index contributed by atoms with van der Waals surface area (Å²) in [6.07, 6.45) is 1.86. The molecule has 3 nitrogen and oxygen atoms in total. The fourth-order valence-corrected chi connectivity index (χ4v) is 2.51. The van der Waals surface area contributed by atoms with Crippen LogP contribution in [0.1, 0.15) is 24.2 Å². The molecule has 0 aliphatic heterocycles. The average Bonchev–Trinajstić information content (AvgIpc) is 2.80. The van der Waals surface area contributed by atoms with Gasteiger partial charge in [-0.05, 0) is 25.3 Å². The zero-order chi connectivity index (χ0) is 13.4. The standard InChI is InChI=1S/C16H17N3/c1-11(17)15-10-18-19(12(15)2)16-9-5-7-13-6-3-4-8-14(13)16/h3-11H,17H2,1-2H3/t11-/m1/s1. The zero-order valence-electron chi connectivity index (χ0n) is 11.2. The van der Waals surface area contributed by atoms with E-state index in [-0.39, 0.29) is 6.04 Å². The van der Waals surface area contributed by atoms with Gasteiger partial charge in [0.05, 0.1) is 11.9 Å². The van der Waals surface area contributed by atoms with Gasteiger partial charge < -0.3 is 5.73 Å². The first-order valence-corrected chi connectivity index (χ1v) is 6.46. The molecule has 0 fully saturated rings. The summed E-state index contributed by atoms with van der Waals surface area (Å²) < 4.78 is 1.97. The maximum Gasteiger partial charge on any atom is 0.0727 e. The molecule has 0 aliphatic carbocycles. The molecule has 2 N–H and O–H groups in total. The normalized spacial score (nSPS) is 12.8. The Labute approximate surface area is 112 Å². The highest BCUT2D eigenvalue weighted by atomic mass is 15.3. The van der Waals surface area contributed by atoms with Gasteiger partial charge in [-0.25, -0.2) is 4.68 Å². The molecule has 19 heavy (non-hydrogen) atoms. The van der Waals surface area contributed by atoms with E-state index >= 15 is 0 Å². The molecule has 0 unspecified atom stereocenters. The van der Waals surface area contributed by atoms with Crippen LogP contribution in [0.2, 0.25) is 0 Å². The lowest BCUT2D eigenvalue weighted by Crippen LogP contribution is -2.07. The minimum absolute atomic E-state index is 0.00345. The van der Waals surface area contributed by atoms with E-state index in [0.717, 1.165) is 16.9 Å². The molecule has 3 heteroatoms. The van der Waals surface area contributed by atoms with E-state index in [2.05, 4.69) is 54.5 Å². The Hall–Kier alpha value is -2.13. The number of fused-ring (bicyclic) bond motifs is 1. The van der Waals surface area contributed by atoms with Crippen LogP contribution in [0.25, 0.3) is 16.5 Å². The molecule has 0 saturated heterocycles. The van der Waals surface area contributed by atoms with Crippen molar-refractivity contribution in [2.75, 3.05) is 0 Å². The number of aromatic nitrogens is 2. The van der Waals surface area contributed by atoms with Crippen LogP contribution in [-0.4, -0.2) is 9.78 Å². The van der Waals surface area contributed by atoms with Crippen molar-refractivity contribution in [2.24, 2.45) is 5.73 Å². The first kappa shape index (κ1) is 11.9. The third kappa shape index (κ3) is 1.92. The van der Waals surface area contributed by atoms with Crippen molar-refractivity contribution in [3.8, 4) is 5.69 Å². The minimum Gasteiger partial charge on any atom is -0.324 e. The fraction of sp³-hybridized carbons (Fsp3) is 0.188. The van der Waals surface area contributed by atoms with Gasteiger partial charge in [0.15, 0.2) is 0 Å². The van der Waals surface area contributed by atoms with E-state index in [1.807, 2.05) is 17.8 Å². The predicted octanol–water partition coefficient (Wildman–Crippen LogP) is 3.35. The molecule has 1 aromatic heterocycles. The number of rotatable bonds is 2. The molecule has 0 aliphatic rings. The zero-order valence-corrected chi connectivity index (χ0v) is 11.2. The van der Waals surface area contributed by atoms with Crippen molar-refractivity contribution >= 4 is 10.8 Å². The van der Waals surface area contributed by atoms with Crippen LogP contribution < -0.4 is 5.73 Å². The van der Waals surface area contributed by atoms with Crippen LogP contribution in [0.4, 0.5) is 0 Å². The Balaban J connectivity index is 2.25. The van der Waals surface area contributed by atoms with Gasteiger partial charge in [0.2, 0.25) is 0 Å². The van der Waals surface area contributed by atoms with Gasteiger partial charge >= 0.3 is 0 Å². The second kappa shape index (κ2) is 4.52. The molecule has 3 aromatic rings. The molecule has 3 rings (SSSR count). The number of nitrogens with zero attached hydrogens (tertiary/aromatic N) is 2. The summed E-state index contributed by atoms with van der Waals surface area (Å²) in [6, 6.07) is 14.6. The average molecular weight is 251 g/mol. The lowest BCUT2D eigenvalue weighted by Gasteiger charge is -2.10. The molecule has 0 radical (unpaired) electrons. The molecule has 96 valence electrons. The number of benzene rings is 2. The fourth-order valence-electron chi connectivity index (χ4n) is 2.51. The van der Waals surface area contributed by atoms with E-state index in [9.17, 15) is 0 Å². The first-order chi connectivity index (χ1) is 9.18. The molecule has 1 heterocycles. The molecular formula is C16H17N3. The largest absolute Gasteiger partial charge is 0.324 e. The Kier molecular flexibility index (Phi) is 2.84. The molecule has 2 aromatic carbocycles. The number of hydrogen-bond acceptors (Lipinski definition) is 2. The molecule has 0 amide bonds. The Morgan fingerprint density at radius 3 is 2.58 bits per heavy atom. The van der Waals surface area contributed by atoms with E-state index < -0.39 is 0 Å². The van der Waals surface area contributed by atoms with Crippen LogP contribution in [-0.2, 0) is 0 Å². The number of hydrogen-bond donors (Lipinski definition) is 1. The Morgan fingerprint density at radius 1 is 1.11 bits per heavy atom. The van der Waals surface area contributed by atoms with Crippen LogP contribution >= 0.6 is 0 Å². The highest BCUT2D eigenvalue weighted by Crippen LogP contribution is 2.25. The Morgan fingerprint density at radius 2 is 1.84 bits per heavy atom. The van der Waals surface area contributed by atoms with E-state index in [1.54, 1.807) is 0 Å². The molecular weight excluding hydrogens is 234 g/mol. The monoisotopic (exact) mass is 251 g/mol. The van der Waals surface area contributed by atoms with Crippen LogP contribution in [0.3, 0.4) is 0 Å². The summed E-state index contributed by atoms with van der Waals surface area (Å²) in [5, 5.41) is 6.92. The molecule has 1 atom stereocenters. The van der Waals surface area contributed by atoms with Crippen molar-refractivity contribution in [2.45, 2.75) is 19.9 Å². The molecule has 0 saturated carbocycles. The van der Waals surface area contributed by atoms with Crippen molar-refractivity contribution in [1.29, 1.82) is 0 Å². The van der Waals surface area contributed by atoms with Crippen molar-refractivity contribution in [3.63, 3.8) is 0 Å². The quantitative estimate of drug-likeness (QED) is 0.759. The Bertz CT molecular complexity index is 720. The van der Waals surface area contributed by atoms with E-state index in [0.29, 0.717) is 0 Å². The van der Waals surface area contributed by atoms with Crippen molar-refractivity contribution in [1.82, 2.24) is 9.78 Å². The smallest absolute Gasteiger partial charge is 0.0727 e. The lowest BCUT2D eigenvalue weighted by molar-refractivity contribution is 0.798. The van der Waals surface area contributed by atoms with Gasteiger partial charge in [-0.15, -0.1) is 0 Å². The summed E-state index contributed by atoms with van der Waals surface area (Å²) in [5.74, 6) is 0. The highest BCUT2D eigenvalue weighted by Gasteiger charge is 2.12. The maximum atomic E-state index is 5.97. The summed E-state index contributed by atoms with van der Waals surface area (Å²) in [4.78, 5) is 0. The van der Waals surface area contributed by atoms with Gasteiger partial charge in [-0.3, -0.25) is 0 Å². The van der Waals surface area contributed by atoms with Crippen LogP contribution in [0.15, 0.2) is 48.7 Å². The van der Waals surface area contributed by atoms with Crippen molar-refractivity contribution in [3.05, 3.63) is 59.9 Å². The van der Waals surface area contributed by atoms with Gasteiger partial charge in [0, 0.05) is 22.7 Å². The SMILES string of the molecule is Cc1c([C@@H](C)N)cnn1-c1cccc2ccccc12. The molecule has 0 spiro atoms. The summed E-state index contributed by atoms with van der Waals surface area (Å²) in [5.41, 5.74) is 9.26. The minimum atomic E-state index is 0.00345. The van der Waals surface area contributed by atoms with Gasteiger partial charge in [-0.1, -0.05) is 36.4 Å². The summed E-state index contributed by atoms with van der Waals surface area (Å²) in [6.45, 7) is 4.05. The van der Waals surface area contributed by atoms with Crippen LogP contribution in [0.5, 0.6) is 0 Å². The third-order valence-electron chi connectivity index (χ3n) is 3.53. The lowest BCUT2D eigenvalue weighted by atomic mass is 10.1. The second-order valence-electron chi connectivity index (χ2n) is 4.88. The second-order valence-corrected chi connectivity index (χ2v) is 4.88. The van der Waals surface area contributed by atoms with E-state index in [4.69, 9.17) is 5.73 Å². The summed E-state index contributed by atoms with van der Waals surface area (Å²) >= 11 is 0. The van der Waals surface area contributed by atoms with Crippen LogP contribution in [0, 0.1) is 6.92 Å². The van der Waals surface area contributed by atoms with Gasteiger partial charge in [-0.2, -0.15) is 5.10 Å². The third-order valence-corrected chi connectivity index (χ3v) is 3.53. The molecule has 0 bridgehead atoms. The maximum absolute atomic E-state index is 5.97. The van der Waals surface area contributed by atoms with E-state index in [1.165, 1.54) is 10.8 Å².